The third-order valence-electron chi connectivity index (χ3n) is 2.99. The van der Waals surface area contributed by atoms with E-state index in [2.05, 4.69) is 15.3 Å². The second-order valence-corrected chi connectivity index (χ2v) is 6.42. The van der Waals surface area contributed by atoms with Gasteiger partial charge in [-0.05, 0) is 29.3 Å². The summed E-state index contributed by atoms with van der Waals surface area (Å²) >= 11 is 13.6. The molecule has 2 aromatic carbocycles. The smallest absolute Gasteiger partial charge is 0.195 e. The lowest BCUT2D eigenvalue weighted by molar-refractivity contribution is 0.767. The molecule has 0 spiro atoms. The zero-order valence-corrected chi connectivity index (χ0v) is 14.3. The number of hydrogen-bond donors (Lipinski definition) is 0. The van der Waals surface area contributed by atoms with Crippen LogP contribution in [0.5, 0.6) is 0 Å². The van der Waals surface area contributed by atoms with Crippen LogP contribution in [0.25, 0.3) is 0 Å². The molecular formula is C16H12Cl2N4S. The largest absolute Gasteiger partial charge is 0.212 e. The van der Waals surface area contributed by atoms with Crippen LogP contribution in [0.1, 0.15) is 11.1 Å². The molecule has 0 N–H and O–H groups in total. The number of nitrogens with zero attached hydrogens (tertiary/aromatic N) is 4. The van der Waals surface area contributed by atoms with Crippen LogP contribution in [0, 0.1) is 0 Å². The average Bonchev–Trinajstić information content (AvgIpc) is 3.00. The molecule has 4 nitrogen and oxygen atoms in total. The van der Waals surface area contributed by atoms with Gasteiger partial charge in [-0.1, -0.05) is 65.3 Å². The first-order valence-electron chi connectivity index (χ1n) is 6.78. The monoisotopic (exact) mass is 362 g/mol. The molecule has 0 aliphatic rings. The molecule has 0 saturated heterocycles. The lowest BCUT2D eigenvalue weighted by Crippen LogP contribution is -1.93. The maximum Gasteiger partial charge on any atom is 0.212 e. The Morgan fingerprint density at radius 1 is 1.13 bits per heavy atom. The minimum absolute atomic E-state index is 0.672. The Morgan fingerprint density at radius 3 is 2.83 bits per heavy atom. The quantitative estimate of drug-likeness (QED) is 0.485. The van der Waals surface area contributed by atoms with Gasteiger partial charge in [-0.15, -0.1) is 10.2 Å². The van der Waals surface area contributed by atoms with Crippen LogP contribution in [0.2, 0.25) is 10.0 Å². The van der Waals surface area contributed by atoms with Gasteiger partial charge in [-0.3, -0.25) is 0 Å². The van der Waals surface area contributed by atoms with E-state index in [0.29, 0.717) is 15.9 Å². The first-order chi connectivity index (χ1) is 11.2. The van der Waals surface area contributed by atoms with Crippen molar-refractivity contribution in [1.82, 2.24) is 14.9 Å². The number of halogens is 2. The van der Waals surface area contributed by atoms with E-state index >= 15 is 0 Å². The topological polar surface area (TPSA) is 43.1 Å². The van der Waals surface area contributed by atoms with Crippen LogP contribution < -0.4 is 0 Å². The minimum atomic E-state index is 0.672. The molecule has 0 amide bonds. The highest BCUT2D eigenvalue weighted by Gasteiger charge is 2.06. The van der Waals surface area contributed by atoms with Crippen LogP contribution in [0.15, 0.2) is 65.1 Å². The summed E-state index contributed by atoms with van der Waals surface area (Å²) in [5.41, 5.74) is 1.96. The predicted octanol–water partition coefficient (Wildman–Crippen LogP) is 4.76. The average molecular weight is 363 g/mol. The van der Waals surface area contributed by atoms with Crippen LogP contribution in [0.3, 0.4) is 0 Å². The Kier molecular flexibility index (Phi) is 5.33. The Bertz CT molecular complexity index is 832. The second-order valence-electron chi connectivity index (χ2n) is 4.64. The molecule has 0 unspecified atom stereocenters. The highest BCUT2D eigenvalue weighted by atomic mass is 35.5. The fourth-order valence-corrected chi connectivity index (χ4v) is 3.22. The van der Waals surface area contributed by atoms with E-state index in [1.54, 1.807) is 17.2 Å². The minimum Gasteiger partial charge on any atom is -0.195 e. The van der Waals surface area contributed by atoms with E-state index in [1.807, 2.05) is 48.5 Å². The van der Waals surface area contributed by atoms with Crippen molar-refractivity contribution in [3.8, 4) is 0 Å². The molecule has 0 saturated carbocycles. The molecular weight excluding hydrogens is 351 g/mol. The van der Waals surface area contributed by atoms with Crippen molar-refractivity contribution in [2.75, 3.05) is 0 Å². The van der Waals surface area contributed by atoms with Gasteiger partial charge >= 0.3 is 0 Å². The summed E-state index contributed by atoms with van der Waals surface area (Å²) in [5, 5.41) is 14.5. The Morgan fingerprint density at radius 2 is 2.00 bits per heavy atom. The maximum atomic E-state index is 6.16. The number of aromatic nitrogens is 3. The molecule has 0 radical (unpaired) electrons. The van der Waals surface area contributed by atoms with E-state index in [-0.39, 0.29) is 0 Å². The van der Waals surface area contributed by atoms with E-state index < -0.39 is 0 Å². The lowest BCUT2D eigenvalue weighted by atomic mass is 10.2. The Labute approximate surface area is 148 Å². The summed E-state index contributed by atoms with van der Waals surface area (Å²) in [6, 6.07) is 15.2. The van der Waals surface area contributed by atoms with Crippen molar-refractivity contribution in [3.05, 3.63) is 76.0 Å². The van der Waals surface area contributed by atoms with Gasteiger partial charge < -0.3 is 0 Å². The van der Waals surface area contributed by atoms with Gasteiger partial charge in [0.15, 0.2) is 0 Å². The first kappa shape index (κ1) is 16.1. The van der Waals surface area contributed by atoms with Gasteiger partial charge in [0.1, 0.15) is 6.33 Å². The van der Waals surface area contributed by atoms with Gasteiger partial charge in [-0.25, -0.2) is 0 Å². The zero-order chi connectivity index (χ0) is 16.1. The zero-order valence-electron chi connectivity index (χ0n) is 11.9. The molecule has 3 rings (SSSR count). The number of rotatable bonds is 5. The molecule has 3 aromatic rings. The summed E-state index contributed by atoms with van der Waals surface area (Å²) in [5.74, 6) is 0.699. The van der Waals surface area contributed by atoms with Crippen LogP contribution in [-0.4, -0.2) is 21.1 Å². The molecule has 23 heavy (non-hydrogen) atoms. The fourth-order valence-electron chi connectivity index (χ4n) is 1.87. The van der Waals surface area contributed by atoms with Gasteiger partial charge in [0, 0.05) is 15.8 Å². The van der Waals surface area contributed by atoms with Crippen LogP contribution in [-0.2, 0) is 5.75 Å². The molecule has 0 aliphatic carbocycles. The number of thioether (sulfide) groups is 1. The van der Waals surface area contributed by atoms with E-state index in [9.17, 15) is 0 Å². The van der Waals surface area contributed by atoms with Crippen molar-refractivity contribution in [2.45, 2.75) is 10.9 Å². The normalized spacial score (nSPS) is 11.2. The van der Waals surface area contributed by atoms with Crippen molar-refractivity contribution in [3.63, 3.8) is 0 Å². The van der Waals surface area contributed by atoms with E-state index in [1.165, 1.54) is 11.8 Å². The van der Waals surface area contributed by atoms with Gasteiger partial charge in [0.25, 0.3) is 0 Å². The molecule has 1 heterocycles. The van der Waals surface area contributed by atoms with Crippen molar-refractivity contribution in [1.29, 1.82) is 0 Å². The van der Waals surface area contributed by atoms with Crippen LogP contribution in [0.4, 0.5) is 0 Å². The van der Waals surface area contributed by atoms with Crippen molar-refractivity contribution >= 4 is 41.2 Å². The van der Waals surface area contributed by atoms with Gasteiger partial charge in [0.2, 0.25) is 5.16 Å². The standard InChI is InChI=1S/C16H12Cl2N4S/c17-14-6-3-4-12(8-14)9-20-22-11-19-21-16(22)23-10-13-5-1-2-7-15(13)18/h1-9,11H,10H2/b20-9-. The molecule has 7 heteroatoms. The van der Waals surface area contributed by atoms with Gasteiger partial charge in [-0.2, -0.15) is 9.78 Å². The predicted molar refractivity (Wildman–Crippen MR) is 95.5 cm³/mol. The fraction of sp³-hybridized carbons (Fsp3) is 0.0625. The Balaban J connectivity index is 1.71. The summed E-state index contributed by atoms with van der Waals surface area (Å²) in [6.07, 6.45) is 3.28. The van der Waals surface area contributed by atoms with Crippen LogP contribution >= 0.6 is 35.0 Å². The third kappa shape index (κ3) is 4.34. The first-order valence-corrected chi connectivity index (χ1v) is 8.53. The molecule has 0 bridgehead atoms. The summed E-state index contributed by atoms with van der Waals surface area (Å²) < 4.78 is 1.63. The summed E-state index contributed by atoms with van der Waals surface area (Å²) in [7, 11) is 0. The van der Waals surface area contributed by atoms with Crippen molar-refractivity contribution < 1.29 is 0 Å². The highest BCUT2D eigenvalue weighted by molar-refractivity contribution is 7.98. The second kappa shape index (κ2) is 7.64. The van der Waals surface area contributed by atoms with E-state index in [0.717, 1.165) is 16.1 Å². The molecule has 0 fully saturated rings. The lowest BCUT2D eigenvalue weighted by Gasteiger charge is -2.03. The Hall–Kier alpha value is -1.82. The third-order valence-corrected chi connectivity index (χ3v) is 4.58. The van der Waals surface area contributed by atoms with Crippen molar-refractivity contribution in [2.24, 2.45) is 5.10 Å². The number of benzene rings is 2. The molecule has 116 valence electrons. The molecule has 0 aliphatic heterocycles. The SMILES string of the molecule is Clc1cccc(/C=N\n2cnnc2SCc2ccccc2Cl)c1. The van der Waals surface area contributed by atoms with Gasteiger partial charge in [0.05, 0.1) is 6.21 Å². The summed E-state index contributed by atoms with van der Waals surface area (Å²) in [4.78, 5) is 0. The number of hydrogen-bond acceptors (Lipinski definition) is 4. The maximum absolute atomic E-state index is 6.16. The molecule has 1 aromatic heterocycles. The van der Waals surface area contributed by atoms with E-state index in [4.69, 9.17) is 23.2 Å². The highest BCUT2D eigenvalue weighted by Crippen LogP contribution is 2.25. The summed E-state index contributed by atoms with van der Waals surface area (Å²) in [6.45, 7) is 0. The molecule has 0 atom stereocenters.